The third kappa shape index (κ3) is 3.88. The van der Waals surface area contributed by atoms with Gasteiger partial charge < -0.3 is 10.6 Å². The second-order valence-electron chi connectivity index (χ2n) is 4.94. The molecule has 1 aromatic carbocycles. The molecule has 2 amide bonds. The highest BCUT2D eigenvalue weighted by Gasteiger charge is 2.15. The lowest BCUT2D eigenvalue weighted by atomic mass is 10.1. The number of rotatable bonds is 5. The molecule has 3 N–H and O–H groups in total. The number of benzene rings is 1. The van der Waals surface area contributed by atoms with Crippen molar-refractivity contribution in [3.8, 4) is 0 Å². The number of carbonyl (C=O) groups excluding carboxylic acids is 2. The van der Waals surface area contributed by atoms with E-state index in [1.807, 2.05) is 13.8 Å². The van der Waals surface area contributed by atoms with Gasteiger partial charge in [-0.25, -0.2) is 4.98 Å². The van der Waals surface area contributed by atoms with Crippen LogP contribution < -0.4 is 10.6 Å². The summed E-state index contributed by atoms with van der Waals surface area (Å²) in [7, 11) is 0. The topological polar surface area (TPSA) is 99.8 Å². The van der Waals surface area contributed by atoms with Crippen molar-refractivity contribution in [3.05, 3.63) is 42.0 Å². The molecule has 1 heterocycles. The normalized spacial score (nSPS) is 10.4. The van der Waals surface area contributed by atoms with Crippen LogP contribution in [0.5, 0.6) is 0 Å². The average Bonchev–Trinajstić information content (AvgIpc) is 2.99. The number of amides is 2. The Kier molecular flexibility index (Phi) is 4.65. The second-order valence-corrected chi connectivity index (χ2v) is 4.94. The highest BCUT2D eigenvalue weighted by molar-refractivity contribution is 6.07. The third-order valence-electron chi connectivity index (χ3n) is 2.72. The smallest absolute Gasteiger partial charge is 0.293 e. The van der Waals surface area contributed by atoms with Gasteiger partial charge in [0.1, 0.15) is 6.33 Å². The Hall–Kier alpha value is -2.70. The molecule has 0 fully saturated rings. The van der Waals surface area contributed by atoms with Crippen LogP contribution in [0.2, 0.25) is 0 Å². The van der Waals surface area contributed by atoms with Gasteiger partial charge >= 0.3 is 0 Å². The van der Waals surface area contributed by atoms with Crippen molar-refractivity contribution in [1.29, 1.82) is 0 Å². The first-order chi connectivity index (χ1) is 10.1. The van der Waals surface area contributed by atoms with Gasteiger partial charge in [-0.15, -0.1) is 0 Å². The molecule has 0 aliphatic carbocycles. The van der Waals surface area contributed by atoms with Gasteiger partial charge in [-0.1, -0.05) is 26.0 Å². The Morgan fingerprint density at radius 1 is 1.24 bits per heavy atom. The lowest BCUT2D eigenvalue weighted by Gasteiger charge is -2.11. The standard InChI is InChI=1S/C14H17N5O2/c1-9(2)7-15-13(20)10-5-3-4-6-11(10)18-14(21)12-16-8-17-19-12/h3-6,8-9H,7H2,1-2H3,(H,15,20)(H,18,21)(H,16,17,19). The lowest BCUT2D eigenvalue weighted by Crippen LogP contribution is -2.28. The van der Waals surface area contributed by atoms with Crippen LogP contribution in [0.3, 0.4) is 0 Å². The minimum atomic E-state index is -0.448. The van der Waals surface area contributed by atoms with Gasteiger partial charge in [0.2, 0.25) is 5.82 Å². The Morgan fingerprint density at radius 2 is 2.00 bits per heavy atom. The molecular formula is C14H17N5O2. The largest absolute Gasteiger partial charge is 0.352 e. The number of anilines is 1. The Bertz CT molecular complexity index is 622. The first kappa shape index (κ1) is 14.7. The molecule has 1 aromatic heterocycles. The number of hydrogen-bond acceptors (Lipinski definition) is 4. The van der Waals surface area contributed by atoms with Crippen molar-refractivity contribution in [3.63, 3.8) is 0 Å². The highest BCUT2D eigenvalue weighted by atomic mass is 16.2. The molecule has 2 aromatic rings. The molecular weight excluding hydrogens is 270 g/mol. The number of aromatic nitrogens is 3. The molecule has 2 rings (SSSR count). The zero-order valence-corrected chi connectivity index (χ0v) is 11.9. The zero-order chi connectivity index (χ0) is 15.2. The summed E-state index contributed by atoms with van der Waals surface area (Å²) in [5.41, 5.74) is 0.839. The van der Waals surface area contributed by atoms with E-state index in [4.69, 9.17) is 0 Å². The fourth-order valence-corrected chi connectivity index (χ4v) is 1.68. The van der Waals surface area contributed by atoms with Gasteiger partial charge in [0.05, 0.1) is 11.3 Å². The van der Waals surface area contributed by atoms with E-state index in [1.165, 1.54) is 6.33 Å². The summed E-state index contributed by atoms with van der Waals surface area (Å²) in [6.07, 6.45) is 1.25. The maximum atomic E-state index is 12.1. The van der Waals surface area contributed by atoms with E-state index in [0.717, 1.165) is 0 Å². The van der Waals surface area contributed by atoms with Crippen LogP contribution in [0.1, 0.15) is 34.8 Å². The summed E-state index contributed by atoms with van der Waals surface area (Å²) in [5.74, 6) is -0.230. The van der Waals surface area contributed by atoms with Crippen LogP contribution in [-0.4, -0.2) is 33.5 Å². The molecule has 7 nitrogen and oxygen atoms in total. The maximum absolute atomic E-state index is 12.1. The zero-order valence-electron chi connectivity index (χ0n) is 11.9. The predicted octanol–water partition coefficient (Wildman–Crippen LogP) is 1.44. The first-order valence-corrected chi connectivity index (χ1v) is 6.62. The molecule has 21 heavy (non-hydrogen) atoms. The van der Waals surface area contributed by atoms with Crippen molar-refractivity contribution in [2.24, 2.45) is 5.92 Å². The summed E-state index contributed by atoms with van der Waals surface area (Å²) >= 11 is 0. The molecule has 110 valence electrons. The second kappa shape index (κ2) is 6.65. The minimum absolute atomic E-state index is 0.0902. The molecule has 7 heteroatoms. The summed E-state index contributed by atoms with van der Waals surface area (Å²) in [5, 5.41) is 11.6. The van der Waals surface area contributed by atoms with E-state index in [9.17, 15) is 9.59 Å². The Morgan fingerprint density at radius 3 is 2.67 bits per heavy atom. The number of nitrogens with one attached hydrogen (secondary N) is 3. The van der Waals surface area contributed by atoms with Gasteiger partial charge in [-0.3, -0.25) is 14.7 Å². The molecule has 0 bridgehead atoms. The molecule has 0 unspecified atom stereocenters. The van der Waals surface area contributed by atoms with E-state index in [2.05, 4.69) is 25.8 Å². The van der Waals surface area contributed by atoms with Crippen molar-refractivity contribution in [2.75, 3.05) is 11.9 Å². The molecule has 0 radical (unpaired) electrons. The van der Waals surface area contributed by atoms with Gasteiger partial charge in [-0.2, -0.15) is 5.10 Å². The molecule has 0 saturated heterocycles. The SMILES string of the molecule is CC(C)CNC(=O)c1ccccc1NC(=O)c1ncn[nH]1. The van der Waals surface area contributed by atoms with Crippen molar-refractivity contribution in [1.82, 2.24) is 20.5 Å². The number of nitrogens with zero attached hydrogens (tertiary/aromatic N) is 2. The molecule has 0 aliphatic rings. The van der Waals surface area contributed by atoms with Gasteiger partial charge in [0.15, 0.2) is 0 Å². The molecule has 0 aliphatic heterocycles. The average molecular weight is 287 g/mol. The minimum Gasteiger partial charge on any atom is -0.352 e. The molecule has 0 saturated carbocycles. The molecule has 0 spiro atoms. The van der Waals surface area contributed by atoms with Crippen LogP contribution in [0.4, 0.5) is 5.69 Å². The van der Waals surface area contributed by atoms with E-state index in [-0.39, 0.29) is 11.7 Å². The van der Waals surface area contributed by atoms with Crippen LogP contribution in [0, 0.1) is 5.92 Å². The van der Waals surface area contributed by atoms with E-state index in [0.29, 0.717) is 23.7 Å². The summed E-state index contributed by atoms with van der Waals surface area (Å²) < 4.78 is 0. The maximum Gasteiger partial charge on any atom is 0.293 e. The number of carbonyl (C=O) groups is 2. The summed E-state index contributed by atoms with van der Waals surface area (Å²) in [4.78, 5) is 27.8. The van der Waals surface area contributed by atoms with Crippen molar-refractivity contribution in [2.45, 2.75) is 13.8 Å². The summed E-state index contributed by atoms with van der Waals surface area (Å²) in [6, 6.07) is 6.81. The van der Waals surface area contributed by atoms with E-state index in [1.54, 1.807) is 24.3 Å². The van der Waals surface area contributed by atoms with Crippen molar-refractivity contribution < 1.29 is 9.59 Å². The van der Waals surface area contributed by atoms with Crippen LogP contribution in [-0.2, 0) is 0 Å². The predicted molar refractivity (Wildman–Crippen MR) is 77.9 cm³/mol. The van der Waals surface area contributed by atoms with Crippen LogP contribution >= 0.6 is 0 Å². The van der Waals surface area contributed by atoms with Gasteiger partial charge in [-0.05, 0) is 18.1 Å². The number of hydrogen-bond donors (Lipinski definition) is 3. The third-order valence-corrected chi connectivity index (χ3v) is 2.72. The number of para-hydroxylation sites is 1. The highest BCUT2D eigenvalue weighted by Crippen LogP contribution is 2.15. The summed E-state index contributed by atoms with van der Waals surface area (Å²) in [6.45, 7) is 4.60. The fraction of sp³-hybridized carbons (Fsp3) is 0.286. The fourth-order valence-electron chi connectivity index (χ4n) is 1.68. The Balaban J connectivity index is 2.13. The number of aromatic amines is 1. The quantitative estimate of drug-likeness (QED) is 0.774. The number of H-pyrrole nitrogens is 1. The monoisotopic (exact) mass is 287 g/mol. The van der Waals surface area contributed by atoms with Crippen LogP contribution in [0.15, 0.2) is 30.6 Å². The van der Waals surface area contributed by atoms with E-state index < -0.39 is 5.91 Å². The van der Waals surface area contributed by atoms with Crippen molar-refractivity contribution >= 4 is 17.5 Å². The van der Waals surface area contributed by atoms with Gasteiger partial charge in [0.25, 0.3) is 11.8 Å². The molecule has 0 atom stereocenters. The van der Waals surface area contributed by atoms with Gasteiger partial charge in [0, 0.05) is 6.54 Å². The first-order valence-electron chi connectivity index (χ1n) is 6.62. The van der Waals surface area contributed by atoms with Crippen LogP contribution in [0.25, 0.3) is 0 Å². The Labute approximate surface area is 122 Å². The van der Waals surface area contributed by atoms with E-state index >= 15 is 0 Å². The lowest BCUT2D eigenvalue weighted by molar-refractivity contribution is 0.0950.